The highest BCUT2D eigenvalue weighted by atomic mass is 79.9. The molecule has 1 unspecified atom stereocenters. The number of nitrogens with zero attached hydrogens (tertiary/aromatic N) is 1. The SMILES string of the molecule is NC(Br)c1cccnc1. The molecule has 2 N–H and O–H groups in total. The van der Waals surface area contributed by atoms with E-state index in [2.05, 4.69) is 20.9 Å². The number of alkyl halides is 1. The molecule has 1 aromatic heterocycles. The van der Waals surface area contributed by atoms with Crippen molar-refractivity contribution in [1.29, 1.82) is 0 Å². The van der Waals surface area contributed by atoms with Gasteiger partial charge in [-0.2, -0.15) is 0 Å². The molecular formula is C6H7BrN2. The van der Waals surface area contributed by atoms with Crippen LogP contribution >= 0.6 is 15.9 Å². The standard InChI is InChI=1S/C6H7BrN2/c7-6(8)5-2-1-3-9-4-5/h1-4,6H,8H2. The minimum atomic E-state index is -0.0915. The average molecular weight is 187 g/mol. The van der Waals surface area contributed by atoms with Crippen molar-refractivity contribution in [3.8, 4) is 0 Å². The molecule has 0 aliphatic heterocycles. The first-order valence-corrected chi connectivity index (χ1v) is 3.52. The summed E-state index contributed by atoms with van der Waals surface area (Å²) in [5.41, 5.74) is 6.49. The molecular weight excluding hydrogens is 180 g/mol. The van der Waals surface area contributed by atoms with Gasteiger partial charge in [0.1, 0.15) is 0 Å². The topological polar surface area (TPSA) is 38.9 Å². The van der Waals surface area contributed by atoms with Crippen molar-refractivity contribution in [3.63, 3.8) is 0 Å². The normalized spacial score (nSPS) is 13.1. The number of nitrogens with two attached hydrogens (primary N) is 1. The van der Waals surface area contributed by atoms with Gasteiger partial charge in [0.2, 0.25) is 0 Å². The van der Waals surface area contributed by atoms with Crippen molar-refractivity contribution in [2.75, 3.05) is 0 Å². The molecule has 1 aromatic rings. The number of halogens is 1. The summed E-state index contributed by atoms with van der Waals surface area (Å²) in [6, 6.07) is 3.78. The maximum absolute atomic E-state index is 5.49. The van der Waals surface area contributed by atoms with Crippen LogP contribution in [0.2, 0.25) is 0 Å². The van der Waals surface area contributed by atoms with Crippen molar-refractivity contribution < 1.29 is 0 Å². The van der Waals surface area contributed by atoms with Gasteiger partial charge in [-0.15, -0.1) is 0 Å². The Bertz CT molecular complexity index is 174. The fraction of sp³-hybridized carbons (Fsp3) is 0.167. The van der Waals surface area contributed by atoms with Crippen LogP contribution in [-0.4, -0.2) is 4.98 Å². The van der Waals surface area contributed by atoms with E-state index in [0.29, 0.717) is 0 Å². The Kier molecular flexibility index (Phi) is 2.19. The quantitative estimate of drug-likeness (QED) is 0.533. The summed E-state index contributed by atoms with van der Waals surface area (Å²) in [6.45, 7) is 0. The van der Waals surface area contributed by atoms with E-state index in [-0.39, 0.29) is 4.95 Å². The highest BCUT2D eigenvalue weighted by molar-refractivity contribution is 9.09. The van der Waals surface area contributed by atoms with E-state index in [9.17, 15) is 0 Å². The first-order chi connectivity index (χ1) is 4.30. The molecule has 2 nitrogen and oxygen atoms in total. The number of pyridine rings is 1. The molecule has 9 heavy (non-hydrogen) atoms. The van der Waals surface area contributed by atoms with E-state index in [1.165, 1.54) is 0 Å². The van der Waals surface area contributed by atoms with Crippen molar-refractivity contribution >= 4 is 15.9 Å². The van der Waals surface area contributed by atoms with Crippen molar-refractivity contribution in [3.05, 3.63) is 30.1 Å². The smallest absolute Gasteiger partial charge is 0.0876 e. The second-order valence-electron chi connectivity index (χ2n) is 1.69. The monoisotopic (exact) mass is 186 g/mol. The number of hydrogen-bond donors (Lipinski definition) is 1. The fourth-order valence-corrected chi connectivity index (χ4v) is 0.810. The molecule has 1 atom stereocenters. The largest absolute Gasteiger partial charge is 0.315 e. The highest BCUT2D eigenvalue weighted by Crippen LogP contribution is 2.13. The third-order valence-corrected chi connectivity index (χ3v) is 1.53. The van der Waals surface area contributed by atoms with Gasteiger partial charge in [-0.25, -0.2) is 0 Å². The van der Waals surface area contributed by atoms with Crippen molar-refractivity contribution in [2.45, 2.75) is 4.95 Å². The van der Waals surface area contributed by atoms with Crippen LogP contribution < -0.4 is 5.73 Å². The van der Waals surface area contributed by atoms with E-state index in [4.69, 9.17) is 5.73 Å². The van der Waals surface area contributed by atoms with E-state index in [1.807, 2.05) is 12.1 Å². The molecule has 0 bridgehead atoms. The van der Waals surface area contributed by atoms with Crippen molar-refractivity contribution in [1.82, 2.24) is 4.98 Å². The van der Waals surface area contributed by atoms with Crippen LogP contribution in [0.3, 0.4) is 0 Å². The van der Waals surface area contributed by atoms with E-state index in [0.717, 1.165) is 5.56 Å². The number of hydrogen-bond acceptors (Lipinski definition) is 2. The van der Waals surface area contributed by atoms with Crippen LogP contribution in [0.25, 0.3) is 0 Å². The zero-order chi connectivity index (χ0) is 6.69. The molecule has 0 aromatic carbocycles. The van der Waals surface area contributed by atoms with Gasteiger partial charge in [0.15, 0.2) is 0 Å². The fourth-order valence-electron chi connectivity index (χ4n) is 0.539. The molecule has 0 amide bonds. The summed E-state index contributed by atoms with van der Waals surface area (Å²) in [4.78, 5) is 3.80. The lowest BCUT2D eigenvalue weighted by molar-refractivity contribution is 1.03. The summed E-state index contributed by atoms with van der Waals surface area (Å²) in [5, 5.41) is 0. The first-order valence-electron chi connectivity index (χ1n) is 2.60. The van der Waals surface area contributed by atoms with Gasteiger partial charge in [-0.1, -0.05) is 22.0 Å². The summed E-state index contributed by atoms with van der Waals surface area (Å²) >= 11 is 3.22. The lowest BCUT2D eigenvalue weighted by Gasteiger charge is -1.99. The number of aromatic nitrogens is 1. The predicted octanol–water partition coefficient (Wildman–Crippen LogP) is 1.43. The summed E-state index contributed by atoms with van der Waals surface area (Å²) in [7, 11) is 0. The zero-order valence-corrected chi connectivity index (χ0v) is 6.38. The average Bonchev–Trinajstić information content (AvgIpc) is 1.90. The molecule has 0 fully saturated rings. The molecule has 3 heteroatoms. The second kappa shape index (κ2) is 2.94. The Labute approximate surface area is 62.2 Å². The Balaban J connectivity index is 2.85. The molecule has 48 valence electrons. The minimum absolute atomic E-state index is 0.0915. The van der Waals surface area contributed by atoms with Gasteiger partial charge in [-0.05, 0) is 11.6 Å². The summed E-state index contributed by atoms with van der Waals surface area (Å²) < 4.78 is 0. The molecule has 1 rings (SSSR count). The van der Waals surface area contributed by atoms with Gasteiger partial charge < -0.3 is 5.73 Å². The van der Waals surface area contributed by atoms with Crippen LogP contribution in [0.5, 0.6) is 0 Å². The van der Waals surface area contributed by atoms with Crippen molar-refractivity contribution in [2.24, 2.45) is 5.73 Å². The minimum Gasteiger partial charge on any atom is -0.315 e. The third kappa shape index (κ3) is 1.77. The van der Waals surface area contributed by atoms with Crippen LogP contribution in [0, 0.1) is 0 Å². The Morgan fingerprint density at radius 2 is 2.44 bits per heavy atom. The van der Waals surface area contributed by atoms with Gasteiger partial charge in [0.25, 0.3) is 0 Å². The number of rotatable bonds is 1. The van der Waals surface area contributed by atoms with Crippen LogP contribution in [0.15, 0.2) is 24.5 Å². The lowest BCUT2D eigenvalue weighted by atomic mass is 10.3. The predicted molar refractivity (Wildman–Crippen MR) is 40.1 cm³/mol. The first kappa shape index (κ1) is 6.71. The third-order valence-electron chi connectivity index (χ3n) is 1.00. The zero-order valence-electron chi connectivity index (χ0n) is 4.79. The van der Waals surface area contributed by atoms with E-state index < -0.39 is 0 Å². The van der Waals surface area contributed by atoms with Gasteiger partial charge in [0.05, 0.1) is 4.95 Å². The van der Waals surface area contributed by atoms with Gasteiger partial charge in [0, 0.05) is 12.4 Å². The molecule has 1 heterocycles. The molecule has 0 aliphatic carbocycles. The molecule has 0 saturated heterocycles. The van der Waals surface area contributed by atoms with Gasteiger partial charge >= 0.3 is 0 Å². The Morgan fingerprint density at radius 3 is 2.78 bits per heavy atom. The van der Waals surface area contributed by atoms with Crippen LogP contribution in [-0.2, 0) is 0 Å². The van der Waals surface area contributed by atoms with Crippen LogP contribution in [0.4, 0.5) is 0 Å². The molecule has 0 radical (unpaired) electrons. The maximum Gasteiger partial charge on any atom is 0.0876 e. The van der Waals surface area contributed by atoms with E-state index >= 15 is 0 Å². The highest BCUT2D eigenvalue weighted by Gasteiger charge is 1.96. The molecule has 0 saturated carbocycles. The second-order valence-corrected chi connectivity index (χ2v) is 2.67. The Morgan fingerprint density at radius 1 is 1.67 bits per heavy atom. The van der Waals surface area contributed by atoms with Crippen LogP contribution in [0.1, 0.15) is 10.5 Å². The van der Waals surface area contributed by atoms with Gasteiger partial charge in [-0.3, -0.25) is 4.98 Å². The molecule has 0 aliphatic rings. The maximum atomic E-state index is 5.49. The molecule has 0 spiro atoms. The Hall–Kier alpha value is -0.410. The summed E-state index contributed by atoms with van der Waals surface area (Å²) in [5.74, 6) is 0. The lowest BCUT2D eigenvalue weighted by Crippen LogP contribution is -2.00. The summed E-state index contributed by atoms with van der Waals surface area (Å²) in [6.07, 6.45) is 3.46. The van der Waals surface area contributed by atoms with E-state index in [1.54, 1.807) is 12.4 Å².